The Balaban J connectivity index is 1.80. The zero-order chi connectivity index (χ0) is 13.9. The fourth-order valence-electron chi connectivity index (χ4n) is 2.66. The third-order valence-electron chi connectivity index (χ3n) is 3.74. The molecule has 1 amide bonds. The number of hydrogen-bond donors (Lipinski definition) is 1. The summed E-state index contributed by atoms with van der Waals surface area (Å²) in [6.07, 6.45) is 2.48. The Kier molecular flexibility index (Phi) is 4.38. The molecule has 0 radical (unpaired) electrons. The highest BCUT2D eigenvalue weighted by Crippen LogP contribution is 2.33. The maximum atomic E-state index is 11.6. The van der Waals surface area contributed by atoms with E-state index in [0.29, 0.717) is 26.2 Å². The number of fused-ring (bicyclic) bond motifs is 1. The molecule has 0 aromatic heterocycles. The van der Waals surface area contributed by atoms with Crippen LogP contribution in [0.3, 0.4) is 0 Å². The Morgan fingerprint density at radius 1 is 1.30 bits per heavy atom. The molecule has 2 atom stereocenters. The predicted octanol–water partition coefficient (Wildman–Crippen LogP) is 2.81. The van der Waals surface area contributed by atoms with Crippen LogP contribution in [0.25, 0.3) is 0 Å². The molecule has 4 nitrogen and oxygen atoms in total. The van der Waals surface area contributed by atoms with Gasteiger partial charge in [-0.2, -0.15) is 0 Å². The van der Waals surface area contributed by atoms with Crippen molar-refractivity contribution in [3.05, 3.63) is 29.3 Å². The Labute approximate surface area is 127 Å². The van der Waals surface area contributed by atoms with Crippen LogP contribution in [0, 0.1) is 0 Å². The van der Waals surface area contributed by atoms with E-state index in [4.69, 9.17) is 9.47 Å². The van der Waals surface area contributed by atoms with Crippen molar-refractivity contribution in [1.82, 2.24) is 0 Å². The number of amides is 1. The third kappa shape index (κ3) is 3.05. The lowest BCUT2D eigenvalue weighted by Crippen LogP contribution is -2.31. The minimum atomic E-state index is 0.0437. The second-order valence-electron chi connectivity index (χ2n) is 5.20. The quantitative estimate of drug-likeness (QED) is 0.843. The number of hydrogen-bond acceptors (Lipinski definition) is 3. The lowest BCUT2D eigenvalue weighted by Gasteiger charge is -2.27. The van der Waals surface area contributed by atoms with Crippen LogP contribution in [0.4, 0.5) is 5.69 Å². The van der Waals surface area contributed by atoms with Crippen molar-refractivity contribution in [2.75, 3.05) is 25.1 Å². The van der Waals surface area contributed by atoms with Gasteiger partial charge in [0, 0.05) is 12.1 Å². The summed E-state index contributed by atoms with van der Waals surface area (Å²) in [5.41, 5.74) is 3.32. The monoisotopic (exact) mass is 339 g/mol. The molecule has 1 N–H and O–H groups in total. The second-order valence-corrected chi connectivity index (χ2v) is 6.19. The second kappa shape index (κ2) is 6.24. The average molecular weight is 340 g/mol. The van der Waals surface area contributed by atoms with Gasteiger partial charge >= 0.3 is 0 Å². The summed E-state index contributed by atoms with van der Waals surface area (Å²) < 4.78 is 11.2. The fraction of sp³-hybridized carbons (Fsp3) is 0.533. The van der Waals surface area contributed by atoms with E-state index in [1.54, 1.807) is 0 Å². The van der Waals surface area contributed by atoms with Crippen molar-refractivity contribution in [1.29, 1.82) is 0 Å². The first-order valence-corrected chi connectivity index (χ1v) is 7.92. The number of benzene rings is 1. The molecule has 0 bridgehead atoms. The van der Waals surface area contributed by atoms with Gasteiger partial charge in [-0.25, -0.2) is 0 Å². The van der Waals surface area contributed by atoms with Crippen molar-refractivity contribution >= 4 is 27.5 Å². The minimum absolute atomic E-state index is 0.0437. The number of rotatable bonds is 2. The molecule has 5 heteroatoms. The van der Waals surface area contributed by atoms with Gasteiger partial charge in [-0.1, -0.05) is 28.1 Å². The van der Waals surface area contributed by atoms with Crippen molar-refractivity contribution in [2.24, 2.45) is 0 Å². The van der Waals surface area contributed by atoms with Crippen molar-refractivity contribution in [3.8, 4) is 0 Å². The third-order valence-corrected chi connectivity index (χ3v) is 4.86. The van der Waals surface area contributed by atoms with E-state index in [1.165, 1.54) is 11.1 Å². The molecule has 1 aromatic rings. The van der Waals surface area contributed by atoms with Gasteiger partial charge < -0.3 is 14.8 Å². The number of ether oxygens (including phenoxy) is 2. The van der Waals surface area contributed by atoms with Crippen LogP contribution in [0.1, 0.15) is 28.8 Å². The van der Waals surface area contributed by atoms with Gasteiger partial charge in [0.1, 0.15) is 0 Å². The van der Waals surface area contributed by atoms with Gasteiger partial charge in [-0.15, -0.1) is 0 Å². The molecule has 0 saturated carbocycles. The number of nitrogens with one attached hydrogen (secondary N) is 1. The summed E-state index contributed by atoms with van der Waals surface area (Å²) in [6.45, 7) is 1.93. The van der Waals surface area contributed by atoms with Crippen LogP contribution in [-0.4, -0.2) is 31.8 Å². The lowest BCUT2D eigenvalue weighted by atomic mass is 10.0. The zero-order valence-electron chi connectivity index (χ0n) is 11.2. The average Bonchev–Trinajstić information content (AvgIpc) is 2.67. The first kappa shape index (κ1) is 14.0. The highest BCUT2D eigenvalue weighted by atomic mass is 79.9. The van der Waals surface area contributed by atoms with E-state index in [0.717, 1.165) is 18.5 Å². The lowest BCUT2D eigenvalue weighted by molar-refractivity contribution is -0.116. The Morgan fingerprint density at radius 3 is 3.00 bits per heavy atom. The van der Waals surface area contributed by atoms with Gasteiger partial charge in [0.05, 0.1) is 30.8 Å². The molecule has 0 spiro atoms. The first-order chi connectivity index (χ1) is 9.74. The minimum Gasteiger partial charge on any atom is -0.376 e. The highest BCUT2D eigenvalue weighted by Gasteiger charge is 2.25. The van der Waals surface area contributed by atoms with E-state index in [-0.39, 0.29) is 16.8 Å². The Bertz CT molecular complexity index is 500. The van der Waals surface area contributed by atoms with Crippen LogP contribution in [-0.2, 0) is 20.7 Å². The maximum absolute atomic E-state index is 11.6. The number of carbonyl (C=O) groups excluding carboxylic acids is 1. The largest absolute Gasteiger partial charge is 0.376 e. The van der Waals surface area contributed by atoms with E-state index in [9.17, 15) is 4.79 Å². The van der Waals surface area contributed by atoms with Crippen LogP contribution in [0.2, 0.25) is 0 Å². The molecular formula is C15H18BrNO3. The number of alkyl halides is 1. The summed E-state index contributed by atoms with van der Waals surface area (Å²) in [6, 6.07) is 6.20. The van der Waals surface area contributed by atoms with E-state index < -0.39 is 0 Å². The standard InChI is InChI=1S/C15H18BrNO3/c16-15(13-9-19-6-7-20-13)11-4-5-12-10(8-11)2-1-3-14(18)17-12/h4-5,8,13,15H,1-3,6-7,9H2,(H,17,18). The first-order valence-electron chi connectivity index (χ1n) is 7.00. The van der Waals surface area contributed by atoms with E-state index in [2.05, 4.69) is 27.3 Å². The smallest absolute Gasteiger partial charge is 0.224 e. The topological polar surface area (TPSA) is 47.6 Å². The van der Waals surface area contributed by atoms with E-state index in [1.807, 2.05) is 12.1 Å². The molecule has 1 fully saturated rings. The molecule has 2 aliphatic heterocycles. The maximum Gasteiger partial charge on any atom is 0.224 e. The molecule has 2 unspecified atom stereocenters. The van der Waals surface area contributed by atoms with Crippen LogP contribution in [0.15, 0.2) is 18.2 Å². The van der Waals surface area contributed by atoms with Crippen LogP contribution in [0.5, 0.6) is 0 Å². The highest BCUT2D eigenvalue weighted by molar-refractivity contribution is 9.09. The molecular weight excluding hydrogens is 322 g/mol. The predicted molar refractivity (Wildman–Crippen MR) is 80.2 cm³/mol. The number of carbonyl (C=O) groups is 1. The fourth-order valence-corrected chi connectivity index (χ4v) is 3.25. The Hall–Kier alpha value is -0.910. The summed E-state index contributed by atoms with van der Waals surface area (Å²) in [7, 11) is 0. The molecule has 2 heterocycles. The van der Waals surface area contributed by atoms with Crippen LogP contribution >= 0.6 is 15.9 Å². The molecule has 1 aromatic carbocycles. The van der Waals surface area contributed by atoms with Gasteiger partial charge in [-0.05, 0) is 30.0 Å². The normalized spacial score (nSPS) is 24.4. The molecule has 0 aliphatic carbocycles. The molecule has 20 heavy (non-hydrogen) atoms. The SMILES string of the molecule is O=C1CCCc2cc(C(Br)C3COCCO3)ccc2N1. The van der Waals surface area contributed by atoms with Crippen LogP contribution < -0.4 is 5.32 Å². The molecule has 2 aliphatic rings. The number of anilines is 1. The summed E-state index contributed by atoms with van der Waals surface area (Å²) >= 11 is 3.71. The Morgan fingerprint density at radius 2 is 2.20 bits per heavy atom. The summed E-state index contributed by atoms with van der Waals surface area (Å²) in [4.78, 5) is 11.7. The van der Waals surface area contributed by atoms with E-state index >= 15 is 0 Å². The number of halogens is 1. The van der Waals surface area contributed by atoms with Crippen molar-refractivity contribution < 1.29 is 14.3 Å². The number of aryl methyl sites for hydroxylation is 1. The van der Waals surface area contributed by atoms with Gasteiger partial charge in [0.2, 0.25) is 5.91 Å². The van der Waals surface area contributed by atoms with Crippen molar-refractivity contribution in [3.63, 3.8) is 0 Å². The zero-order valence-corrected chi connectivity index (χ0v) is 12.8. The molecule has 108 valence electrons. The van der Waals surface area contributed by atoms with Gasteiger partial charge in [0.25, 0.3) is 0 Å². The molecule has 3 rings (SSSR count). The van der Waals surface area contributed by atoms with Gasteiger partial charge in [-0.3, -0.25) is 4.79 Å². The van der Waals surface area contributed by atoms with Crippen molar-refractivity contribution in [2.45, 2.75) is 30.2 Å². The summed E-state index contributed by atoms with van der Waals surface area (Å²) in [5.74, 6) is 0.107. The molecule has 1 saturated heterocycles. The summed E-state index contributed by atoms with van der Waals surface area (Å²) in [5, 5.41) is 2.96. The van der Waals surface area contributed by atoms with Gasteiger partial charge in [0.15, 0.2) is 0 Å².